The summed E-state index contributed by atoms with van der Waals surface area (Å²) in [4.78, 5) is 17.5. The summed E-state index contributed by atoms with van der Waals surface area (Å²) in [6.07, 6.45) is -0.663. The van der Waals surface area contributed by atoms with Crippen LogP contribution in [0.3, 0.4) is 0 Å². The van der Waals surface area contributed by atoms with Crippen molar-refractivity contribution in [3.05, 3.63) is 88.9 Å². The summed E-state index contributed by atoms with van der Waals surface area (Å²) in [7, 11) is 1.00. The number of aliphatic hydroxyl groups excluding tert-OH is 1. The molecule has 4 rings (SSSR count). The third kappa shape index (κ3) is 10.2. The van der Waals surface area contributed by atoms with Crippen molar-refractivity contribution in [1.29, 1.82) is 0 Å². The Morgan fingerprint density at radius 3 is 2.12 bits per heavy atom. The van der Waals surface area contributed by atoms with E-state index in [1.54, 1.807) is 18.5 Å². The highest BCUT2D eigenvalue weighted by atomic mass is 19.4. The lowest BCUT2D eigenvalue weighted by molar-refractivity contribution is -0.139. The average molecular weight is 607 g/mol. The summed E-state index contributed by atoms with van der Waals surface area (Å²) in [5.74, 6) is -0.960. The molecule has 2 heterocycles. The van der Waals surface area contributed by atoms with E-state index in [-0.39, 0.29) is 24.4 Å². The van der Waals surface area contributed by atoms with E-state index in [0.717, 1.165) is 30.0 Å². The highest BCUT2D eigenvalue weighted by Crippen LogP contribution is 2.36. The lowest BCUT2D eigenvalue weighted by atomic mass is 9.91. The molecule has 2 aliphatic heterocycles. The number of halogens is 3. The molecule has 0 bridgehead atoms. The van der Waals surface area contributed by atoms with Crippen molar-refractivity contribution in [2.75, 3.05) is 7.11 Å². The Hall–Kier alpha value is -3.79. The first kappa shape index (κ1) is 39.2. The molecule has 0 aliphatic carbocycles. The molecule has 0 aromatic heterocycles. The number of carbonyl (C=O) groups is 1. The van der Waals surface area contributed by atoms with Gasteiger partial charge in [0.25, 0.3) is 0 Å². The molecule has 3 atom stereocenters. The van der Waals surface area contributed by atoms with Crippen LogP contribution in [-0.2, 0) is 11.0 Å². The van der Waals surface area contributed by atoms with Gasteiger partial charge in [0, 0.05) is 31.3 Å². The minimum atomic E-state index is -4.39. The lowest BCUT2D eigenvalue weighted by Gasteiger charge is -2.31. The van der Waals surface area contributed by atoms with Gasteiger partial charge in [0.1, 0.15) is 17.7 Å². The molecule has 0 saturated carbocycles. The number of aliphatic carboxylic acids is 1. The molecule has 2 unspecified atom stereocenters. The van der Waals surface area contributed by atoms with Crippen LogP contribution in [0.25, 0.3) is 5.70 Å². The minimum Gasteiger partial charge on any atom is -0.481 e. The summed E-state index contributed by atoms with van der Waals surface area (Å²) < 4.78 is 39.4. The average Bonchev–Trinajstić information content (AvgIpc) is 3.44. The highest BCUT2D eigenvalue weighted by Gasteiger charge is 2.38. The summed E-state index contributed by atoms with van der Waals surface area (Å²) >= 11 is 0. The number of carboxylic acids is 1. The molecule has 43 heavy (non-hydrogen) atoms. The Morgan fingerprint density at radius 2 is 1.60 bits per heavy atom. The number of alkyl halides is 3. The van der Waals surface area contributed by atoms with Crippen molar-refractivity contribution in [3.8, 4) is 0 Å². The largest absolute Gasteiger partial charge is 0.481 e. The van der Waals surface area contributed by atoms with Crippen LogP contribution in [0.15, 0.2) is 71.6 Å². The fourth-order valence-electron chi connectivity index (χ4n) is 4.61. The van der Waals surface area contributed by atoms with E-state index in [9.17, 15) is 23.1 Å². The molecule has 2 aliphatic rings. The summed E-state index contributed by atoms with van der Waals surface area (Å²) in [5, 5.41) is 19.8. The Morgan fingerprint density at radius 1 is 1.02 bits per heavy atom. The standard InChI is InChI=1S/C26H27F3N4O2.3C2H6.CH4O/c1-3-16(14-21(34)35)25-32-22(23-24(30)31-11-12-33(23)25)18-9-7-17(8-10-18)15(2)19-5-4-6-20(13-19)26(27,28)29;4*1-2/h4-13,15-16,25,32H,3,14H2,1-2H3,(H2,30,31)(H,34,35);3*1-2H3;2H,1H3/t15-,16?,25?;;;;/m0..../s1. The molecule has 7 nitrogen and oxygen atoms in total. The molecule has 0 amide bonds. The molecular weight excluding hydrogens is 557 g/mol. The number of benzene rings is 2. The van der Waals surface area contributed by atoms with Gasteiger partial charge in [-0.15, -0.1) is 0 Å². The molecule has 2 aromatic rings. The monoisotopic (exact) mass is 606 g/mol. The van der Waals surface area contributed by atoms with Gasteiger partial charge in [-0.3, -0.25) is 4.79 Å². The van der Waals surface area contributed by atoms with Crippen molar-refractivity contribution in [2.24, 2.45) is 16.6 Å². The third-order valence-electron chi connectivity index (χ3n) is 6.59. The van der Waals surface area contributed by atoms with Gasteiger partial charge in [0.05, 0.1) is 17.7 Å². The molecule has 0 radical (unpaired) electrons. The fraction of sp³-hybridized carbons (Fsp3) is 0.455. The number of fused-ring (bicyclic) bond motifs is 1. The first-order chi connectivity index (χ1) is 20.6. The van der Waals surface area contributed by atoms with Gasteiger partial charge in [-0.25, -0.2) is 4.99 Å². The number of hydrogen-bond acceptors (Lipinski definition) is 6. The molecule has 2 aromatic carbocycles. The Kier molecular flexibility index (Phi) is 17.7. The van der Waals surface area contributed by atoms with Crippen molar-refractivity contribution in [1.82, 2.24) is 10.2 Å². The molecule has 0 saturated heterocycles. The Balaban J connectivity index is 0.00000204. The highest BCUT2D eigenvalue weighted by molar-refractivity contribution is 6.05. The third-order valence-corrected chi connectivity index (χ3v) is 6.59. The van der Waals surface area contributed by atoms with Crippen LogP contribution in [-0.4, -0.2) is 40.2 Å². The predicted octanol–water partition coefficient (Wildman–Crippen LogP) is 7.79. The SMILES string of the molecule is CC.CC.CC.CCC(CC(=O)O)C1NC(c2ccc([C@H](C)c3cccc(C(F)(F)F)c3)cc2)=C2C(N)=NC=CN21.CO. The Bertz CT molecular complexity index is 1210. The number of nitrogens with zero attached hydrogens (tertiary/aromatic N) is 2. The van der Waals surface area contributed by atoms with Gasteiger partial charge < -0.3 is 26.2 Å². The maximum atomic E-state index is 13.1. The van der Waals surface area contributed by atoms with Gasteiger partial charge in [0.15, 0.2) is 0 Å². The number of rotatable bonds is 7. The zero-order chi connectivity index (χ0) is 33.3. The minimum absolute atomic E-state index is 0.00353. The van der Waals surface area contributed by atoms with E-state index in [4.69, 9.17) is 10.8 Å². The van der Waals surface area contributed by atoms with E-state index in [2.05, 4.69) is 10.3 Å². The van der Waals surface area contributed by atoms with E-state index in [1.807, 2.05) is 84.6 Å². The molecular formula is C33H49F3N4O3. The summed E-state index contributed by atoms with van der Waals surface area (Å²) in [5.41, 5.74) is 9.23. The fourth-order valence-corrected chi connectivity index (χ4v) is 4.61. The lowest BCUT2D eigenvalue weighted by Crippen LogP contribution is -2.43. The van der Waals surface area contributed by atoms with E-state index in [0.29, 0.717) is 23.5 Å². The van der Waals surface area contributed by atoms with Crippen LogP contribution in [0.2, 0.25) is 0 Å². The topological polar surface area (TPSA) is 111 Å². The quantitative estimate of drug-likeness (QED) is 0.256. The number of aliphatic hydroxyl groups is 1. The molecule has 0 fully saturated rings. The molecule has 10 heteroatoms. The normalized spacial score (nSPS) is 16.2. The zero-order valence-electron chi connectivity index (χ0n) is 26.8. The van der Waals surface area contributed by atoms with Gasteiger partial charge >= 0.3 is 12.1 Å². The molecule has 0 spiro atoms. The van der Waals surface area contributed by atoms with Crippen LogP contribution in [0, 0.1) is 5.92 Å². The van der Waals surface area contributed by atoms with Gasteiger partial charge in [-0.2, -0.15) is 13.2 Å². The second-order valence-corrected chi connectivity index (χ2v) is 8.77. The van der Waals surface area contributed by atoms with Gasteiger partial charge in [-0.05, 0) is 29.2 Å². The molecule has 5 N–H and O–H groups in total. The van der Waals surface area contributed by atoms with Crippen LogP contribution >= 0.6 is 0 Å². The second-order valence-electron chi connectivity index (χ2n) is 8.77. The smallest absolute Gasteiger partial charge is 0.416 e. The number of nitrogens with one attached hydrogen (secondary N) is 1. The summed E-state index contributed by atoms with van der Waals surface area (Å²) in [6.45, 7) is 15.8. The maximum Gasteiger partial charge on any atom is 0.416 e. The Labute approximate surface area is 255 Å². The second kappa shape index (κ2) is 19.4. The number of hydrogen-bond donors (Lipinski definition) is 4. The van der Waals surface area contributed by atoms with E-state index < -0.39 is 17.7 Å². The van der Waals surface area contributed by atoms with Crippen molar-refractivity contribution in [2.45, 2.75) is 86.5 Å². The van der Waals surface area contributed by atoms with Crippen LogP contribution in [0.1, 0.15) is 96.4 Å². The van der Waals surface area contributed by atoms with Crippen LogP contribution in [0.4, 0.5) is 13.2 Å². The van der Waals surface area contributed by atoms with Gasteiger partial charge in [0.2, 0.25) is 0 Å². The van der Waals surface area contributed by atoms with E-state index >= 15 is 0 Å². The van der Waals surface area contributed by atoms with Crippen molar-refractivity contribution >= 4 is 17.5 Å². The number of nitrogens with two attached hydrogens (primary N) is 1. The number of amidine groups is 1. The van der Waals surface area contributed by atoms with Crippen LogP contribution in [0.5, 0.6) is 0 Å². The van der Waals surface area contributed by atoms with E-state index in [1.165, 1.54) is 12.1 Å². The van der Waals surface area contributed by atoms with Crippen LogP contribution < -0.4 is 11.1 Å². The maximum absolute atomic E-state index is 13.1. The predicted molar refractivity (Wildman–Crippen MR) is 170 cm³/mol. The number of aliphatic imine (C=N–C) groups is 1. The molecule has 240 valence electrons. The van der Waals surface area contributed by atoms with Crippen molar-refractivity contribution in [3.63, 3.8) is 0 Å². The first-order valence-corrected chi connectivity index (χ1v) is 14.8. The summed E-state index contributed by atoms with van der Waals surface area (Å²) in [6, 6.07) is 12.9. The number of carboxylic acid groups (broad SMARTS) is 1. The zero-order valence-corrected chi connectivity index (χ0v) is 26.8. The van der Waals surface area contributed by atoms with Gasteiger partial charge in [-0.1, -0.05) is 97.9 Å². The van der Waals surface area contributed by atoms with Crippen molar-refractivity contribution < 1.29 is 28.2 Å². The first-order valence-electron chi connectivity index (χ1n) is 14.8.